The summed E-state index contributed by atoms with van der Waals surface area (Å²) in [6.07, 6.45) is 2.65. The molecule has 0 aromatic heterocycles. The van der Waals surface area contributed by atoms with Crippen LogP contribution < -0.4 is 0 Å². The summed E-state index contributed by atoms with van der Waals surface area (Å²) in [5.74, 6) is -1.63. The Morgan fingerprint density at radius 2 is 1.72 bits per heavy atom. The van der Waals surface area contributed by atoms with Crippen LogP contribution in [0.15, 0.2) is 59.1 Å². The van der Waals surface area contributed by atoms with Gasteiger partial charge in [-0.1, -0.05) is 52.8 Å². The second-order valence-corrected chi connectivity index (χ2v) is 9.81. The Hall–Kier alpha value is -3.02. The number of aliphatic hydroxyl groups excluding tert-OH is 1. The zero-order chi connectivity index (χ0) is 24.4. The first-order valence-electron chi connectivity index (χ1n) is 10.7. The van der Waals surface area contributed by atoms with Crippen molar-refractivity contribution in [2.75, 3.05) is 7.11 Å². The van der Waals surface area contributed by atoms with Gasteiger partial charge in [-0.05, 0) is 43.0 Å². The van der Waals surface area contributed by atoms with Crippen molar-refractivity contribution in [3.63, 3.8) is 0 Å². The average molecular weight is 443 g/mol. The fraction of sp³-hybridized carbons (Fsp3) is 0.462. The van der Waals surface area contributed by atoms with Gasteiger partial charge < -0.3 is 19.7 Å². The minimum absolute atomic E-state index is 0.0323. The fourth-order valence-corrected chi connectivity index (χ4v) is 4.49. The van der Waals surface area contributed by atoms with Crippen LogP contribution in [0, 0.1) is 16.7 Å². The molecule has 0 heterocycles. The van der Waals surface area contributed by atoms with Crippen molar-refractivity contribution < 1.29 is 29.3 Å². The van der Waals surface area contributed by atoms with Gasteiger partial charge in [0.2, 0.25) is 0 Å². The molecule has 0 radical (unpaired) electrons. The quantitative estimate of drug-likeness (QED) is 0.343. The molecular formula is C26H34O6. The molecule has 2 rings (SSSR count). The van der Waals surface area contributed by atoms with Gasteiger partial charge >= 0.3 is 5.97 Å². The minimum atomic E-state index is -0.690. The number of carbonyl (C=O) groups excluding carboxylic acids is 2. The average Bonchev–Trinajstić information content (AvgIpc) is 2.64. The highest BCUT2D eigenvalue weighted by molar-refractivity contribution is 6.06. The number of esters is 1. The molecule has 1 aliphatic carbocycles. The lowest BCUT2D eigenvalue weighted by Crippen LogP contribution is -2.39. The van der Waals surface area contributed by atoms with E-state index in [9.17, 15) is 19.8 Å². The number of ketones is 1. The summed E-state index contributed by atoms with van der Waals surface area (Å²) < 4.78 is 11.0. The predicted octanol–water partition coefficient (Wildman–Crippen LogP) is 5.50. The molecule has 0 amide bonds. The van der Waals surface area contributed by atoms with E-state index in [1.165, 1.54) is 19.3 Å². The van der Waals surface area contributed by atoms with Crippen LogP contribution in [0.1, 0.15) is 58.8 Å². The third-order valence-corrected chi connectivity index (χ3v) is 5.55. The molecule has 0 bridgehead atoms. The number of hydrogen-bond acceptors (Lipinski definition) is 6. The van der Waals surface area contributed by atoms with Crippen molar-refractivity contribution in [3.05, 3.63) is 64.6 Å². The maximum Gasteiger partial charge on any atom is 0.345 e. The van der Waals surface area contributed by atoms with E-state index in [0.29, 0.717) is 5.57 Å². The second kappa shape index (κ2) is 9.23. The van der Waals surface area contributed by atoms with E-state index in [1.807, 2.05) is 34.6 Å². The van der Waals surface area contributed by atoms with Gasteiger partial charge in [0.1, 0.15) is 22.8 Å². The number of aliphatic hydroxyl groups is 1. The van der Waals surface area contributed by atoms with E-state index in [1.54, 1.807) is 38.1 Å². The molecule has 32 heavy (non-hydrogen) atoms. The van der Waals surface area contributed by atoms with E-state index >= 15 is 0 Å². The Bertz CT molecular complexity index is 986. The van der Waals surface area contributed by atoms with E-state index in [0.717, 1.165) is 0 Å². The minimum Gasteiger partial charge on any atom is -0.507 e. The number of ether oxygens (including phenoxy) is 2. The molecular weight excluding hydrogens is 408 g/mol. The van der Waals surface area contributed by atoms with Crippen LogP contribution in [-0.4, -0.2) is 35.2 Å². The number of allylic oxidation sites excluding steroid dienone is 3. The summed E-state index contributed by atoms with van der Waals surface area (Å²) in [4.78, 5) is 25.7. The van der Waals surface area contributed by atoms with Crippen LogP contribution in [0.4, 0.5) is 0 Å². The van der Waals surface area contributed by atoms with E-state index in [4.69, 9.17) is 9.47 Å². The van der Waals surface area contributed by atoms with Crippen LogP contribution in [0.25, 0.3) is 0 Å². The van der Waals surface area contributed by atoms with Gasteiger partial charge in [0.05, 0.1) is 18.8 Å². The van der Waals surface area contributed by atoms with Gasteiger partial charge in [-0.15, -0.1) is 0 Å². The third-order valence-electron chi connectivity index (χ3n) is 5.55. The Balaban J connectivity index is 2.68. The van der Waals surface area contributed by atoms with Gasteiger partial charge in [0, 0.05) is 11.3 Å². The van der Waals surface area contributed by atoms with Gasteiger partial charge in [0.25, 0.3) is 0 Å². The molecule has 0 aliphatic heterocycles. The standard InChI is InChI=1S/C26H34O6/c1-15(2)32-24(30)20-21(29)23(25(3,4)5)26(6,7)17(22(20)31-8)13-14-19(28)16-11-9-10-12-18(16)27/h9-15,17,27,29H,1-8H3. The number of benzene rings is 1. The molecule has 1 aromatic rings. The molecule has 1 atom stereocenters. The zero-order valence-electron chi connectivity index (χ0n) is 20.1. The lowest BCUT2D eigenvalue weighted by molar-refractivity contribution is -0.143. The molecule has 1 aliphatic rings. The van der Waals surface area contributed by atoms with Crippen molar-refractivity contribution >= 4 is 11.8 Å². The van der Waals surface area contributed by atoms with E-state index < -0.39 is 22.7 Å². The number of rotatable bonds is 6. The molecule has 0 saturated carbocycles. The molecule has 0 saturated heterocycles. The smallest absolute Gasteiger partial charge is 0.345 e. The van der Waals surface area contributed by atoms with Crippen molar-refractivity contribution in [2.45, 2.75) is 54.6 Å². The molecule has 0 fully saturated rings. The van der Waals surface area contributed by atoms with Crippen molar-refractivity contribution in [1.29, 1.82) is 0 Å². The van der Waals surface area contributed by atoms with Crippen LogP contribution in [0.5, 0.6) is 5.75 Å². The predicted molar refractivity (Wildman–Crippen MR) is 123 cm³/mol. The number of hydrogen-bond donors (Lipinski definition) is 2. The Kier molecular flexibility index (Phi) is 7.28. The molecule has 2 N–H and O–H groups in total. The Labute approximate surface area is 190 Å². The lowest BCUT2D eigenvalue weighted by Gasteiger charge is -2.45. The SMILES string of the molecule is COC1=C(C(=O)OC(C)C)C(O)=C(C(C)(C)C)C(C)(C)C1C=CC(=O)c1ccccc1O. The maximum atomic E-state index is 12.9. The highest BCUT2D eigenvalue weighted by Gasteiger charge is 2.48. The summed E-state index contributed by atoms with van der Waals surface area (Å²) >= 11 is 0. The topological polar surface area (TPSA) is 93.1 Å². The molecule has 6 nitrogen and oxygen atoms in total. The van der Waals surface area contributed by atoms with Crippen molar-refractivity contribution in [1.82, 2.24) is 0 Å². The lowest BCUT2D eigenvalue weighted by atomic mass is 9.60. The number of methoxy groups -OCH3 is 1. The molecule has 6 heteroatoms. The highest BCUT2D eigenvalue weighted by atomic mass is 16.5. The Morgan fingerprint density at radius 3 is 2.22 bits per heavy atom. The summed E-state index contributed by atoms with van der Waals surface area (Å²) in [7, 11) is 1.43. The summed E-state index contributed by atoms with van der Waals surface area (Å²) in [5.41, 5.74) is -0.370. The first-order valence-corrected chi connectivity index (χ1v) is 10.7. The van der Waals surface area contributed by atoms with Crippen LogP contribution >= 0.6 is 0 Å². The first kappa shape index (κ1) is 25.2. The highest BCUT2D eigenvalue weighted by Crippen LogP contribution is 2.53. The van der Waals surface area contributed by atoms with E-state index in [2.05, 4.69) is 0 Å². The first-order chi connectivity index (χ1) is 14.7. The van der Waals surface area contributed by atoms with Gasteiger partial charge in [-0.2, -0.15) is 0 Å². The van der Waals surface area contributed by atoms with Crippen molar-refractivity contribution in [2.24, 2.45) is 16.7 Å². The second-order valence-electron chi connectivity index (χ2n) is 9.81. The van der Waals surface area contributed by atoms with Gasteiger partial charge in [-0.25, -0.2) is 4.79 Å². The fourth-order valence-electron chi connectivity index (χ4n) is 4.49. The van der Waals surface area contributed by atoms with Gasteiger partial charge in [-0.3, -0.25) is 4.79 Å². The molecule has 174 valence electrons. The normalized spacial score (nSPS) is 19.0. The molecule has 0 spiro atoms. The maximum absolute atomic E-state index is 12.9. The van der Waals surface area contributed by atoms with Crippen LogP contribution in [-0.2, 0) is 14.3 Å². The number of phenols is 1. The number of carbonyl (C=O) groups is 2. The number of phenolic OH excluding ortho intramolecular Hbond substituents is 1. The van der Waals surface area contributed by atoms with Gasteiger partial charge in [0.15, 0.2) is 5.78 Å². The summed E-state index contributed by atoms with van der Waals surface area (Å²) in [6.45, 7) is 13.2. The molecule has 1 unspecified atom stereocenters. The Morgan fingerprint density at radius 1 is 1.12 bits per heavy atom. The zero-order valence-corrected chi connectivity index (χ0v) is 20.1. The largest absolute Gasteiger partial charge is 0.507 e. The van der Waals surface area contributed by atoms with Crippen molar-refractivity contribution in [3.8, 4) is 5.75 Å². The summed E-state index contributed by atoms with van der Waals surface area (Å²) in [6, 6.07) is 6.30. The third kappa shape index (κ3) is 4.90. The summed E-state index contributed by atoms with van der Waals surface area (Å²) in [5, 5.41) is 21.2. The van der Waals surface area contributed by atoms with Crippen LogP contribution in [0.2, 0.25) is 0 Å². The monoisotopic (exact) mass is 442 g/mol. The van der Waals surface area contributed by atoms with Crippen LogP contribution in [0.3, 0.4) is 0 Å². The van der Waals surface area contributed by atoms with E-state index in [-0.39, 0.29) is 40.3 Å². The number of aromatic hydroxyl groups is 1. The molecule has 1 aromatic carbocycles. The number of para-hydroxylation sites is 1.